The number of aryl methyl sites for hydroxylation is 1. The Labute approximate surface area is 126 Å². The monoisotopic (exact) mass is 286 g/mol. The van der Waals surface area contributed by atoms with Gasteiger partial charge in [0.1, 0.15) is 6.61 Å². The molecule has 1 aromatic carbocycles. The highest BCUT2D eigenvalue weighted by molar-refractivity contribution is 5.94. The predicted octanol–water partition coefficient (Wildman–Crippen LogP) is 1.16. The number of benzene rings is 1. The van der Waals surface area contributed by atoms with Crippen molar-refractivity contribution in [3.63, 3.8) is 0 Å². The van der Waals surface area contributed by atoms with Gasteiger partial charge in [0.2, 0.25) is 0 Å². The third-order valence-electron chi connectivity index (χ3n) is 3.75. The van der Waals surface area contributed by atoms with Crippen LogP contribution in [0.5, 0.6) is 0 Å². The fraction of sp³-hybridized carbons (Fsp3) is 0.471. The van der Waals surface area contributed by atoms with Crippen molar-refractivity contribution in [3.05, 3.63) is 34.9 Å². The zero-order chi connectivity index (χ0) is 15.2. The van der Waals surface area contributed by atoms with Crippen molar-refractivity contribution in [2.75, 3.05) is 26.7 Å². The predicted molar refractivity (Wildman–Crippen MR) is 83.1 cm³/mol. The molecule has 0 bridgehead atoms. The van der Waals surface area contributed by atoms with E-state index in [9.17, 15) is 4.79 Å². The number of carbonyl (C=O) groups excluding carboxylic acids is 1. The van der Waals surface area contributed by atoms with Gasteiger partial charge in [0.15, 0.2) is 0 Å². The van der Waals surface area contributed by atoms with E-state index in [0.29, 0.717) is 5.56 Å². The number of piperidine rings is 1. The van der Waals surface area contributed by atoms with Gasteiger partial charge in [-0.2, -0.15) is 0 Å². The van der Waals surface area contributed by atoms with E-state index < -0.39 is 0 Å². The summed E-state index contributed by atoms with van der Waals surface area (Å²) in [6.07, 6.45) is 2.16. The molecule has 1 heterocycles. The first kappa shape index (κ1) is 15.6. The largest absolute Gasteiger partial charge is 0.384 e. The van der Waals surface area contributed by atoms with Crippen LogP contribution in [-0.4, -0.2) is 48.7 Å². The van der Waals surface area contributed by atoms with Gasteiger partial charge in [0, 0.05) is 23.7 Å². The highest BCUT2D eigenvalue weighted by atomic mass is 16.2. The third kappa shape index (κ3) is 4.32. The second-order valence-electron chi connectivity index (χ2n) is 5.56. The van der Waals surface area contributed by atoms with Crippen LogP contribution >= 0.6 is 0 Å². The van der Waals surface area contributed by atoms with Gasteiger partial charge in [-0.1, -0.05) is 11.8 Å². The number of nitrogens with one attached hydrogen (secondary N) is 1. The maximum atomic E-state index is 12.3. The van der Waals surface area contributed by atoms with Crippen molar-refractivity contribution in [2.45, 2.75) is 25.8 Å². The van der Waals surface area contributed by atoms with E-state index in [-0.39, 0.29) is 18.6 Å². The second-order valence-corrected chi connectivity index (χ2v) is 5.56. The Kier molecular flexibility index (Phi) is 5.38. The van der Waals surface area contributed by atoms with Gasteiger partial charge in [-0.05, 0) is 57.1 Å². The van der Waals surface area contributed by atoms with E-state index in [2.05, 4.69) is 29.1 Å². The number of hydrogen-bond acceptors (Lipinski definition) is 3. The molecule has 2 N–H and O–H groups in total. The average Bonchev–Trinajstić information content (AvgIpc) is 2.46. The summed E-state index contributed by atoms with van der Waals surface area (Å²) >= 11 is 0. The minimum Gasteiger partial charge on any atom is -0.384 e. The van der Waals surface area contributed by atoms with Gasteiger partial charge in [-0.25, -0.2) is 0 Å². The molecule has 4 heteroatoms. The minimum absolute atomic E-state index is 0.0277. The summed E-state index contributed by atoms with van der Waals surface area (Å²) in [4.78, 5) is 14.5. The number of hydrogen-bond donors (Lipinski definition) is 2. The normalized spacial score (nSPS) is 18.7. The molecule has 112 valence electrons. The molecule has 1 aliphatic rings. The Morgan fingerprint density at radius 2 is 2.33 bits per heavy atom. The Balaban J connectivity index is 2.04. The molecule has 0 aliphatic carbocycles. The van der Waals surface area contributed by atoms with Crippen molar-refractivity contribution >= 4 is 5.91 Å². The molecular formula is C17H22N2O2. The van der Waals surface area contributed by atoms with Crippen LogP contribution in [0.15, 0.2) is 18.2 Å². The number of nitrogens with zero attached hydrogens (tertiary/aromatic N) is 1. The van der Waals surface area contributed by atoms with Gasteiger partial charge in [-0.15, -0.1) is 0 Å². The number of carbonyl (C=O) groups is 1. The maximum Gasteiger partial charge on any atom is 0.251 e. The average molecular weight is 286 g/mol. The molecular weight excluding hydrogens is 264 g/mol. The van der Waals surface area contributed by atoms with Crippen LogP contribution in [-0.2, 0) is 0 Å². The molecule has 1 saturated heterocycles. The van der Waals surface area contributed by atoms with E-state index >= 15 is 0 Å². The van der Waals surface area contributed by atoms with Crippen molar-refractivity contribution in [2.24, 2.45) is 0 Å². The lowest BCUT2D eigenvalue weighted by atomic mass is 10.0. The Bertz CT molecular complexity index is 572. The number of likely N-dealkylation sites (N-methyl/N-ethyl adjacent to an activating group) is 1. The summed E-state index contributed by atoms with van der Waals surface area (Å²) in [6, 6.07) is 5.70. The fourth-order valence-electron chi connectivity index (χ4n) is 2.63. The highest BCUT2D eigenvalue weighted by Crippen LogP contribution is 2.12. The Morgan fingerprint density at radius 3 is 3.00 bits per heavy atom. The van der Waals surface area contributed by atoms with Crippen molar-refractivity contribution < 1.29 is 9.90 Å². The number of aliphatic hydroxyl groups is 1. The van der Waals surface area contributed by atoms with E-state index in [4.69, 9.17) is 5.11 Å². The molecule has 1 aromatic rings. The molecule has 1 amide bonds. The van der Waals surface area contributed by atoms with E-state index in [1.165, 1.54) is 0 Å². The number of likely N-dealkylation sites (tertiary alicyclic amines) is 1. The lowest BCUT2D eigenvalue weighted by Gasteiger charge is -2.30. The van der Waals surface area contributed by atoms with E-state index in [1.807, 2.05) is 19.1 Å². The lowest BCUT2D eigenvalue weighted by Crippen LogP contribution is -2.46. The first-order chi connectivity index (χ1) is 10.1. The minimum atomic E-state index is -0.156. The van der Waals surface area contributed by atoms with Gasteiger partial charge in [0.25, 0.3) is 5.91 Å². The standard InChI is InChI=1S/C17H22N2O2/c1-13-11-15(8-7-14(13)5-4-10-20)17(21)18-16-6-3-9-19(2)12-16/h7-8,11,16,20H,3,6,9-10,12H2,1-2H3,(H,18,21). The van der Waals surface area contributed by atoms with Crippen molar-refractivity contribution in [1.29, 1.82) is 0 Å². The molecule has 4 nitrogen and oxygen atoms in total. The van der Waals surface area contributed by atoms with Gasteiger partial charge in [-0.3, -0.25) is 4.79 Å². The molecule has 0 radical (unpaired) electrons. The van der Waals surface area contributed by atoms with Crippen LogP contribution in [0, 0.1) is 18.8 Å². The van der Waals surface area contributed by atoms with Crippen LogP contribution in [0.1, 0.15) is 34.3 Å². The fourth-order valence-corrected chi connectivity index (χ4v) is 2.63. The third-order valence-corrected chi connectivity index (χ3v) is 3.75. The Morgan fingerprint density at radius 1 is 1.52 bits per heavy atom. The summed E-state index contributed by atoms with van der Waals surface area (Å²) in [5.41, 5.74) is 2.46. The zero-order valence-electron chi connectivity index (χ0n) is 12.6. The molecule has 0 saturated carbocycles. The van der Waals surface area contributed by atoms with Crippen LogP contribution in [0.3, 0.4) is 0 Å². The summed E-state index contributed by atoms with van der Waals surface area (Å²) in [5.74, 6) is 5.47. The molecule has 2 rings (SSSR count). The van der Waals surface area contributed by atoms with E-state index in [1.54, 1.807) is 6.07 Å². The SMILES string of the molecule is Cc1cc(C(=O)NC2CCCN(C)C2)ccc1C#CCO. The maximum absolute atomic E-state index is 12.3. The summed E-state index contributed by atoms with van der Waals surface area (Å²) < 4.78 is 0. The first-order valence-corrected chi connectivity index (χ1v) is 7.30. The van der Waals surface area contributed by atoms with Crippen LogP contribution < -0.4 is 5.32 Å². The smallest absolute Gasteiger partial charge is 0.251 e. The first-order valence-electron chi connectivity index (χ1n) is 7.30. The van der Waals surface area contributed by atoms with Crippen LogP contribution in [0.25, 0.3) is 0 Å². The summed E-state index contributed by atoms with van der Waals surface area (Å²) in [5, 5.41) is 11.8. The van der Waals surface area contributed by atoms with Crippen molar-refractivity contribution in [1.82, 2.24) is 10.2 Å². The molecule has 1 atom stereocenters. The summed E-state index contributed by atoms with van der Waals surface area (Å²) in [6.45, 7) is 3.78. The molecule has 1 unspecified atom stereocenters. The van der Waals surface area contributed by atoms with Crippen LogP contribution in [0.4, 0.5) is 0 Å². The quantitative estimate of drug-likeness (QED) is 0.802. The van der Waals surface area contributed by atoms with Gasteiger partial charge < -0.3 is 15.3 Å². The molecule has 1 aliphatic heterocycles. The van der Waals surface area contributed by atoms with E-state index in [0.717, 1.165) is 37.1 Å². The molecule has 21 heavy (non-hydrogen) atoms. The summed E-state index contributed by atoms with van der Waals surface area (Å²) in [7, 11) is 2.08. The van der Waals surface area contributed by atoms with Crippen LogP contribution in [0.2, 0.25) is 0 Å². The topological polar surface area (TPSA) is 52.6 Å². The number of aliphatic hydroxyl groups excluding tert-OH is 1. The lowest BCUT2D eigenvalue weighted by molar-refractivity contribution is 0.0912. The van der Waals surface area contributed by atoms with Gasteiger partial charge >= 0.3 is 0 Å². The molecule has 0 spiro atoms. The van der Waals surface area contributed by atoms with Gasteiger partial charge in [0.05, 0.1) is 0 Å². The highest BCUT2D eigenvalue weighted by Gasteiger charge is 2.19. The Hall–Kier alpha value is -1.83. The zero-order valence-corrected chi connectivity index (χ0v) is 12.6. The molecule has 1 fully saturated rings. The van der Waals surface area contributed by atoms with Crippen molar-refractivity contribution in [3.8, 4) is 11.8 Å². The number of amides is 1. The number of rotatable bonds is 2. The second kappa shape index (κ2) is 7.26. The molecule has 0 aromatic heterocycles.